The SMILES string of the molecule is OC(COCc1ccccc1F)CN1CC(c2nc3ccccc3s2)C1. The van der Waals surface area contributed by atoms with Crippen molar-refractivity contribution in [1.82, 2.24) is 9.88 Å². The molecule has 0 amide bonds. The van der Waals surface area contributed by atoms with Gasteiger partial charge in [0, 0.05) is 31.1 Å². The highest BCUT2D eigenvalue weighted by Gasteiger charge is 2.31. The van der Waals surface area contributed by atoms with Crippen molar-refractivity contribution in [2.75, 3.05) is 26.2 Å². The van der Waals surface area contributed by atoms with Crippen LogP contribution in [0.1, 0.15) is 16.5 Å². The number of benzene rings is 2. The smallest absolute Gasteiger partial charge is 0.128 e. The van der Waals surface area contributed by atoms with Gasteiger partial charge in [-0.3, -0.25) is 4.90 Å². The number of likely N-dealkylation sites (tertiary alicyclic amines) is 1. The van der Waals surface area contributed by atoms with Crippen LogP contribution >= 0.6 is 11.3 Å². The van der Waals surface area contributed by atoms with E-state index in [2.05, 4.69) is 11.0 Å². The van der Waals surface area contributed by atoms with Crippen LogP contribution in [-0.4, -0.2) is 47.3 Å². The lowest BCUT2D eigenvalue weighted by atomic mass is 10.0. The molecule has 1 aromatic heterocycles. The number of aromatic nitrogens is 1. The number of halogens is 1. The largest absolute Gasteiger partial charge is 0.389 e. The minimum atomic E-state index is -0.571. The molecule has 26 heavy (non-hydrogen) atoms. The normalized spacial score (nSPS) is 16.7. The molecule has 0 aliphatic carbocycles. The quantitative estimate of drug-likeness (QED) is 0.690. The van der Waals surface area contributed by atoms with Crippen LogP contribution in [0.15, 0.2) is 48.5 Å². The van der Waals surface area contributed by atoms with E-state index in [0.29, 0.717) is 18.0 Å². The van der Waals surface area contributed by atoms with Crippen molar-refractivity contribution >= 4 is 21.6 Å². The summed E-state index contributed by atoms with van der Waals surface area (Å²) in [5.41, 5.74) is 1.58. The fraction of sp³-hybridized carbons (Fsp3) is 0.350. The van der Waals surface area contributed by atoms with Gasteiger partial charge in [-0.1, -0.05) is 30.3 Å². The Labute approximate surface area is 155 Å². The van der Waals surface area contributed by atoms with Crippen molar-refractivity contribution in [2.45, 2.75) is 18.6 Å². The summed E-state index contributed by atoms with van der Waals surface area (Å²) >= 11 is 1.75. The Kier molecular flexibility index (Phi) is 5.26. The summed E-state index contributed by atoms with van der Waals surface area (Å²) < 4.78 is 20.2. The summed E-state index contributed by atoms with van der Waals surface area (Å²) in [5.74, 6) is 0.169. The standard InChI is InChI=1S/C20H21FN2O2S/c21-17-6-2-1-5-14(17)12-25-13-16(24)11-23-9-15(10-23)20-22-18-7-3-4-8-19(18)26-20/h1-8,15-16,24H,9-13H2. The molecule has 0 saturated carbocycles. The first-order chi connectivity index (χ1) is 12.7. The number of aliphatic hydroxyl groups is 1. The second-order valence-corrected chi connectivity index (χ2v) is 7.76. The molecule has 1 N–H and O–H groups in total. The molecule has 4 rings (SSSR count). The van der Waals surface area contributed by atoms with Gasteiger partial charge < -0.3 is 9.84 Å². The first-order valence-corrected chi connectivity index (χ1v) is 9.58. The van der Waals surface area contributed by atoms with Crippen molar-refractivity contribution in [3.8, 4) is 0 Å². The minimum Gasteiger partial charge on any atom is -0.389 e. The topological polar surface area (TPSA) is 45.6 Å². The van der Waals surface area contributed by atoms with Gasteiger partial charge in [-0.05, 0) is 18.2 Å². The van der Waals surface area contributed by atoms with E-state index >= 15 is 0 Å². The van der Waals surface area contributed by atoms with Gasteiger partial charge in [0.2, 0.25) is 0 Å². The molecule has 0 bridgehead atoms. The van der Waals surface area contributed by atoms with Crippen molar-refractivity contribution in [1.29, 1.82) is 0 Å². The summed E-state index contributed by atoms with van der Waals surface area (Å²) in [6.45, 7) is 2.77. The molecule has 0 spiro atoms. The van der Waals surface area contributed by atoms with Crippen LogP contribution in [-0.2, 0) is 11.3 Å². The van der Waals surface area contributed by atoms with Gasteiger partial charge in [-0.2, -0.15) is 0 Å². The molecule has 1 aliphatic rings. The molecule has 2 aromatic carbocycles. The zero-order chi connectivity index (χ0) is 17.9. The van der Waals surface area contributed by atoms with Crippen molar-refractivity contribution in [3.05, 3.63) is 64.9 Å². The molecule has 2 heterocycles. The number of ether oxygens (including phenoxy) is 1. The molecule has 3 aromatic rings. The third kappa shape index (κ3) is 3.94. The Morgan fingerprint density at radius 2 is 1.96 bits per heavy atom. The molecule has 1 aliphatic heterocycles. The van der Waals surface area contributed by atoms with Gasteiger partial charge in [0.05, 0.1) is 34.5 Å². The zero-order valence-corrected chi connectivity index (χ0v) is 15.2. The Balaban J connectivity index is 1.20. The number of thiazole rings is 1. The molecule has 1 fully saturated rings. The molecule has 1 unspecified atom stereocenters. The average Bonchev–Trinajstić information content (AvgIpc) is 3.03. The molecule has 1 atom stereocenters. The van der Waals surface area contributed by atoms with Crippen LogP contribution in [0.5, 0.6) is 0 Å². The number of nitrogens with zero attached hydrogens (tertiary/aromatic N) is 2. The molecule has 0 radical (unpaired) electrons. The average molecular weight is 372 g/mol. The zero-order valence-electron chi connectivity index (χ0n) is 14.3. The maximum Gasteiger partial charge on any atom is 0.128 e. The maximum atomic E-state index is 13.5. The Morgan fingerprint density at radius 1 is 1.19 bits per heavy atom. The Bertz CT molecular complexity index is 846. The van der Waals surface area contributed by atoms with Crippen LogP contribution in [0, 0.1) is 5.82 Å². The third-order valence-corrected chi connectivity index (χ3v) is 5.81. The second-order valence-electron chi connectivity index (χ2n) is 6.70. The highest BCUT2D eigenvalue weighted by atomic mass is 32.1. The fourth-order valence-electron chi connectivity index (χ4n) is 3.21. The first kappa shape index (κ1) is 17.5. The van der Waals surface area contributed by atoms with E-state index in [0.717, 1.165) is 18.6 Å². The number of para-hydroxylation sites is 1. The van der Waals surface area contributed by atoms with Crippen LogP contribution in [0.3, 0.4) is 0 Å². The number of β-amino-alcohol motifs (C(OH)–C–C–N with tert-alkyl or cyclic N) is 1. The number of aliphatic hydroxyl groups excluding tert-OH is 1. The summed E-state index contributed by atoms with van der Waals surface area (Å²) in [5, 5.41) is 11.3. The van der Waals surface area contributed by atoms with Crippen LogP contribution in [0.25, 0.3) is 10.2 Å². The molecule has 4 nitrogen and oxygen atoms in total. The van der Waals surface area contributed by atoms with Crippen LogP contribution < -0.4 is 0 Å². The summed E-state index contributed by atoms with van der Waals surface area (Å²) in [6.07, 6.45) is -0.571. The van der Waals surface area contributed by atoms with E-state index in [-0.39, 0.29) is 19.0 Å². The van der Waals surface area contributed by atoms with Crippen molar-refractivity contribution in [2.24, 2.45) is 0 Å². The lowest BCUT2D eigenvalue weighted by Gasteiger charge is -2.39. The van der Waals surface area contributed by atoms with Gasteiger partial charge in [0.25, 0.3) is 0 Å². The lowest BCUT2D eigenvalue weighted by Crippen LogP contribution is -2.48. The highest BCUT2D eigenvalue weighted by molar-refractivity contribution is 7.18. The van der Waals surface area contributed by atoms with Gasteiger partial charge in [0.1, 0.15) is 5.82 Å². The molecular formula is C20H21FN2O2S. The molecular weight excluding hydrogens is 351 g/mol. The van der Waals surface area contributed by atoms with Crippen molar-refractivity contribution < 1.29 is 14.2 Å². The lowest BCUT2D eigenvalue weighted by molar-refractivity contribution is -0.00557. The van der Waals surface area contributed by atoms with E-state index in [1.807, 2.05) is 18.2 Å². The molecule has 136 valence electrons. The number of hydrogen-bond donors (Lipinski definition) is 1. The number of rotatable bonds is 7. The first-order valence-electron chi connectivity index (χ1n) is 8.76. The van der Waals surface area contributed by atoms with Gasteiger partial charge in [0.15, 0.2) is 0 Å². The van der Waals surface area contributed by atoms with Gasteiger partial charge in [-0.15, -0.1) is 11.3 Å². The molecule has 6 heteroatoms. The minimum absolute atomic E-state index is 0.179. The highest BCUT2D eigenvalue weighted by Crippen LogP contribution is 2.33. The Hall–Kier alpha value is -1.86. The van der Waals surface area contributed by atoms with E-state index in [1.54, 1.807) is 29.5 Å². The van der Waals surface area contributed by atoms with E-state index in [9.17, 15) is 9.50 Å². The van der Waals surface area contributed by atoms with Gasteiger partial charge >= 0.3 is 0 Å². The van der Waals surface area contributed by atoms with Gasteiger partial charge in [-0.25, -0.2) is 9.37 Å². The summed E-state index contributed by atoms with van der Waals surface area (Å²) in [7, 11) is 0. The molecule has 1 saturated heterocycles. The monoisotopic (exact) mass is 372 g/mol. The van der Waals surface area contributed by atoms with Crippen LogP contribution in [0.2, 0.25) is 0 Å². The summed E-state index contributed by atoms with van der Waals surface area (Å²) in [6, 6.07) is 14.7. The van der Waals surface area contributed by atoms with E-state index < -0.39 is 6.10 Å². The maximum absolute atomic E-state index is 13.5. The number of fused-ring (bicyclic) bond motifs is 1. The predicted octanol–water partition coefficient (Wildman–Crippen LogP) is 3.41. The third-order valence-electron chi connectivity index (χ3n) is 4.61. The Morgan fingerprint density at radius 3 is 2.77 bits per heavy atom. The van der Waals surface area contributed by atoms with Crippen LogP contribution in [0.4, 0.5) is 4.39 Å². The predicted molar refractivity (Wildman–Crippen MR) is 101 cm³/mol. The number of hydrogen-bond acceptors (Lipinski definition) is 5. The van der Waals surface area contributed by atoms with Crippen molar-refractivity contribution in [3.63, 3.8) is 0 Å². The van der Waals surface area contributed by atoms with E-state index in [1.165, 1.54) is 15.8 Å². The summed E-state index contributed by atoms with van der Waals surface area (Å²) in [4.78, 5) is 6.91. The van der Waals surface area contributed by atoms with E-state index in [4.69, 9.17) is 9.72 Å². The second kappa shape index (κ2) is 7.80. The fourth-order valence-corrected chi connectivity index (χ4v) is 4.26.